The first-order valence-corrected chi connectivity index (χ1v) is 10.2. The molecule has 3 aromatic heterocycles. The number of aromatic amines is 1. The van der Waals surface area contributed by atoms with Gasteiger partial charge in [0.25, 0.3) is 11.5 Å². The van der Waals surface area contributed by atoms with Crippen LogP contribution in [0.3, 0.4) is 0 Å². The Morgan fingerprint density at radius 3 is 3.17 bits per heavy atom. The van der Waals surface area contributed by atoms with Crippen molar-refractivity contribution >= 4 is 11.6 Å². The highest BCUT2D eigenvalue weighted by atomic mass is 16.5. The van der Waals surface area contributed by atoms with Crippen LogP contribution in [0.4, 0.5) is 0 Å². The summed E-state index contributed by atoms with van der Waals surface area (Å²) in [4.78, 5) is 31.8. The summed E-state index contributed by atoms with van der Waals surface area (Å²) in [5.41, 5.74) is 2.78. The molecule has 1 aliphatic rings. The average molecular weight is 410 g/mol. The van der Waals surface area contributed by atoms with Crippen molar-refractivity contribution in [1.82, 2.24) is 29.8 Å². The highest BCUT2D eigenvalue weighted by Crippen LogP contribution is 2.28. The molecule has 3 aromatic rings. The summed E-state index contributed by atoms with van der Waals surface area (Å²) in [5, 5.41) is 9.99. The first-order valence-electron chi connectivity index (χ1n) is 10.2. The molecule has 1 fully saturated rings. The van der Waals surface area contributed by atoms with Gasteiger partial charge in [-0.25, -0.2) is 4.98 Å². The van der Waals surface area contributed by atoms with E-state index in [9.17, 15) is 9.59 Å². The Hall–Kier alpha value is -3.04. The van der Waals surface area contributed by atoms with Crippen LogP contribution in [0.15, 0.2) is 41.5 Å². The van der Waals surface area contributed by atoms with Gasteiger partial charge in [-0.15, -0.1) is 0 Å². The van der Waals surface area contributed by atoms with E-state index in [1.165, 1.54) is 0 Å². The molecule has 1 atom stereocenters. The van der Waals surface area contributed by atoms with Crippen LogP contribution < -0.4 is 10.9 Å². The van der Waals surface area contributed by atoms with E-state index < -0.39 is 0 Å². The van der Waals surface area contributed by atoms with Crippen LogP contribution in [0.25, 0.3) is 5.65 Å². The first kappa shape index (κ1) is 20.2. The largest absolute Gasteiger partial charge is 0.383 e. The van der Waals surface area contributed by atoms with Crippen LogP contribution >= 0.6 is 0 Å². The predicted molar refractivity (Wildman–Crippen MR) is 112 cm³/mol. The number of H-pyrrole nitrogens is 1. The number of methoxy groups -OCH3 is 1. The molecular weight excluding hydrogens is 384 g/mol. The summed E-state index contributed by atoms with van der Waals surface area (Å²) in [6.07, 6.45) is 5.29. The molecule has 1 saturated heterocycles. The molecule has 9 nitrogen and oxygen atoms in total. The second-order valence-electron chi connectivity index (χ2n) is 7.53. The molecule has 0 spiro atoms. The summed E-state index contributed by atoms with van der Waals surface area (Å²) in [6.45, 7) is 3.22. The van der Waals surface area contributed by atoms with E-state index >= 15 is 0 Å². The predicted octanol–water partition coefficient (Wildman–Crippen LogP) is 1.17. The van der Waals surface area contributed by atoms with Crippen LogP contribution in [0, 0.1) is 0 Å². The summed E-state index contributed by atoms with van der Waals surface area (Å²) in [6, 6.07) is 7.13. The van der Waals surface area contributed by atoms with Crippen LogP contribution in [-0.4, -0.2) is 63.7 Å². The van der Waals surface area contributed by atoms with Crippen molar-refractivity contribution in [2.24, 2.45) is 0 Å². The number of piperidine rings is 1. The number of carbonyl (C=O) groups excluding carboxylic acids is 1. The molecule has 0 saturated carbocycles. The number of pyridine rings is 1. The van der Waals surface area contributed by atoms with Crippen molar-refractivity contribution in [3.63, 3.8) is 0 Å². The lowest BCUT2D eigenvalue weighted by molar-refractivity contribution is 0.0934. The maximum Gasteiger partial charge on any atom is 0.258 e. The minimum Gasteiger partial charge on any atom is -0.383 e. The fourth-order valence-electron chi connectivity index (χ4n) is 4.00. The van der Waals surface area contributed by atoms with Gasteiger partial charge in [-0.05, 0) is 31.5 Å². The quantitative estimate of drug-likeness (QED) is 0.567. The number of amides is 1. The van der Waals surface area contributed by atoms with Crippen LogP contribution in [0.5, 0.6) is 0 Å². The number of ether oxygens (including phenoxy) is 1. The SMILES string of the molecule is COCCNC(=O)c1cn[nH]c1C1CCCN(Cc2cc(=O)n3ccccc3n2)C1. The summed E-state index contributed by atoms with van der Waals surface area (Å²) >= 11 is 0. The summed E-state index contributed by atoms with van der Waals surface area (Å²) in [5.74, 6) is 0.0307. The fourth-order valence-corrected chi connectivity index (χ4v) is 4.00. The Morgan fingerprint density at radius 1 is 1.40 bits per heavy atom. The summed E-state index contributed by atoms with van der Waals surface area (Å²) in [7, 11) is 1.60. The van der Waals surface area contributed by atoms with Gasteiger partial charge in [0, 0.05) is 44.9 Å². The minimum absolute atomic E-state index is 0.0762. The molecule has 4 rings (SSSR count). The Morgan fingerprint density at radius 2 is 2.30 bits per heavy atom. The summed E-state index contributed by atoms with van der Waals surface area (Å²) < 4.78 is 6.53. The van der Waals surface area contributed by atoms with Gasteiger partial charge < -0.3 is 10.1 Å². The Balaban J connectivity index is 1.46. The molecule has 1 unspecified atom stereocenters. The molecule has 158 valence electrons. The van der Waals surface area contributed by atoms with Gasteiger partial charge in [0.15, 0.2) is 0 Å². The number of aromatic nitrogens is 4. The zero-order valence-electron chi connectivity index (χ0n) is 17.0. The third-order valence-corrected chi connectivity index (χ3v) is 5.43. The van der Waals surface area contributed by atoms with E-state index in [-0.39, 0.29) is 17.4 Å². The van der Waals surface area contributed by atoms with E-state index in [2.05, 4.69) is 25.4 Å². The molecule has 9 heteroatoms. The maximum atomic E-state index is 12.5. The zero-order valence-corrected chi connectivity index (χ0v) is 17.0. The van der Waals surface area contributed by atoms with Crippen molar-refractivity contribution in [2.45, 2.75) is 25.3 Å². The lowest BCUT2D eigenvalue weighted by Gasteiger charge is -2.32. The van der Waals surface area contributed by atoms with Crippen LogP contribution in [0.2, 0.25) is 0 Å². The van der Waals surface area contributed by atoms with E-state index in [1.807, 2.05) is 18.2 Å². The van der Waals surface area contributed by atoms with Crippen molar-refractivity contribution in [1.29, 1.82) is 0 Å². The Kier molecular flexibility index (Phi) is 6.20. The second kappa shape index (κ2) is 9.19. The molecule has 0 aliphatic carbocycles. The van der Waals surface area contributed by atoms with E-state index in [1.54, 1.807) is 30.0 Å². The average Bonchev–Trinajstić information content (AvgIpc) is 3.24. The molecule has 0 aromatic carbocycles. The van der Waals surface area contributed by atoms with Crippen molar-refractivity contribution in [3.8, 4) is 0 Å². The third kappa shape index (κ3) is 4.42. The number of likely N-dealkylation sites (tertiary alicyclic amines) is 1. The standard InChI is InChI=1S/C21H26N6O3/c1-30-10-7-22-21(29)17-12-23-25-20(17)15-5-4-8-26(13-15)14-16-11-19(28)27-9-3-2-6-18(27)24-16/h2-3,6,9,11-12,15H,4-5,7-8,10,13-14H2,1H3,(H,22,29)(H,23,25). The van der Waals surface area contributed by atoms with E-state index in [0.29, 0.717) is 30.9 Å². The molecule has 1 aliphatic heterocycles. The lowest BCUT2D eigenvalue weighted by Crippen LogP contribution is -2.36. The third-order valence-electron chi connectivity index (χ3n) is 5.43. The van der Waals surface area contributed by atoms with E-state index in [4.69, 9.17) is 4.74 Å². The number of hydrogen-bond acceptors (Lipinski definition) is 6. The van der Waals surface area contributed by atoms with Gasteiger partial charge in [0.05, 0.1) is 29.8 Å². The maximum absolute atomic E-state index is 12.5. The normalized spacial score (nSPS) is 17.3. The molecule has 2 N–H and O–H groups in total. The Labute approximate surface area is 174 Å². The molecule has 1 amide bonds. The first-order chi connectivity index (χ1) is 14.7. The smallest absolute Gasteiger partial charge is 0.258 e. The van der Waals surface area contributed by atoms with Gasteiger partial charge in [0.2, 0.25) is 0 Å². The van der Waals surface area contributed by atoms with E-state index in [0.717, 1.165) is 37.3 Å². The number of nitrogens with zero attached hydrogens (tertiary/aromatic N) is 4. The van der Waals surface area contributed by atoms with Crippen LogP contribution in [0.1, 0.15) is 40.5 Å². The van der Waals surface area contributed by atoms with Gasteiger partial charge >= 0.3 is 0 Å². The van der Waals surface area contributed by atoms with Crippen molar-refractivity contribution in [2.75, 3.05) is 33.4 Å². The van der Waals surface area contributed by atoms with Crippen molar-refractivity contribution in [3.05, 3.63) is 64.0 Å². The Bertz CT molecular complexity index is 1080. The molecule has 0 bridgehead atoms. The lowest BCUT2D eigenvalue weighted by atomic mass is 9.92. The van der Waals surface area contributed by atoms with Crippen LogP contribution in [-0.2, 0) is 11.3 Å². The van der Waals surface area contributed by atoms with Crippen molar-refractivity contribution < 1.29 is 9.53 Å². The fraction of sp³-hybridized carbons (Fsp3) is 0.429. The van der Waals surface area contributed by atoms with Gasteiger partial charge in [-0.2, -0.15) is 5.10 Å². The number of nitrogens with one attached hydrogen (secondary N) is 2. The molecule has 0 radical (unpaired) electrons. The molecule has 30 heavy (non-hydrogen) atoms. The molecule has 4 heterocycles. The van der Waals surface area contributed by atoms with Gasteiger partial charge in [-0.1, -0.05) is 6.07 Å². The monoisotopic (exact) mass is 410 g/mol. The highest BCUT2D eigenvalue weighted by molar-refractivity contribution is 5.95. The second-order valence-corrected chi connectivity index (χ2v) is 7.53. The van der Waals surface area contributed by atoms with Gasteiger partial charge in [-0.3, -0.25) is 24.0 Å². The zero-order chi connectivity index (χ0) is 20.9. The molecular formula is C21H26N6O3. The highest BCUT2D eigenvalue weighted by Gasteiger charge is 2.27. The number of hydrogen-bond donors (Lipinski definition) is 2. The number of rotatable bonds is 7. The van der Waals surface area contributed by atoms with Gasteiger partial charge in [0.1, 0.15) is 5.65 Å². The number of carbonyl (C=O) groups is 1. The topological polar surface area (TPSA) is 105 Å². The minimum atomic E-state index is -0.142. The number of fused-ring (bicyclic) bond motifs is 1.